The molecule has 0 aliphatic carbocycles. The monoisotopic (exact) mass is 584 g/mol. The number of nitrogens with zero attached hydrogens (tertiary/aromatic N) is 1. The van der Waals surface area contributed by atoms with Crippen molar-refractivity contribution in [1.82, 2.24) is 9.55 Å². The van der Waals surface area contributed by atoms with Crippen LogP contribution in [0.2, 0.25) is 0 Å². The van der Waals surface area contributed by atoms with Crippen molar-refractivity contribution in [3.05, 3.63) is 32.6 Å². The third kappa shape index (κ3) is 13.6. The van der Waals surface area contributed by atoms with Crippen LogP contribution in [0.4, 0.5) is 0 Å². The zero-order valence-corrected chi connectivity index (χ0v) is 27.0. The molecule has 0 bridgehead atoms. The number of ether oxygens (including phenoxy) is 1. The molecule has 1 aromatic heterocycles. The van der Waals surface area contributed by atoms with Gasteiger partial charge < -0.3 is 44.9 Å². The van der Waals surface area contributed by atoms with Crippen molar-refractivity contribution in [3.8, 4) is 0 Å². The molecule has 24 heteroatoms. The molecule has 1 aromatic rings. The fourth-order valence-corrected chi connectivity index (χ4v) is 5.18. The number of aryl methyl sites for hydroxylation is 1. The fourth-order valence-electron chi connectivity index (χ4n) is 2.29. The van der Waals surface area contributed by atoms with Gasteiger partial charge in [0.1, 0.15) is 12.3 Å². The maximum atomic E-state index is 11.8. The summed E-state index contributed by atoms with van der Waals surface area (Å²) in [5, 5.41) is 9.94. The molecule has 3 unspecified atom stereocenters. The van der Waals surface area contributed by atoms with Crippen molar-refractivity contribution in [2.45, 2.75) is 31.8 Å². The summed E-state index contributed by atoms with van der Waals surface area (Å²) in [5.41, 5.74) is -1.33. The summed E-state index contributed by atoms with van der Waals surface area (Å²) in [5.74, 6) is 0. The van der Waals surface area contributed by atoms with E-state index in [4.69, 9.17) is 9.63 Å². The Morgan fingerprint density at radius 3 is 2.15 bits per heavy atom. The molecule has 0 radical (unpaired) electrons. The second-order valence-electron chi connectivity index (χ2n) is 5.73. The molecule has 6 atom stereocenters. The first-order chi connectivity index (χ1) is 13.1. The van der Waals surface area contributed by atoms with Crippen LogP contribution in [0, 0.1) is 6.92 Å². The SMILES string of the molecule is Cc1cn([C@H]2C[C@H](O)[C@@H](COP(=O)([O-])OP(=O)([O-])OP(=O)([O-])O)O2)c(=O)[nH]c1=O.O.O.[Na+].[Na+].[Na+]. The summed E-state index contributed by atoms with van der Waals surface area (Å²) in [6, 6.07) is 0. The summed E-state index contributed by atoms with van der Waals surface area (Å²) in [6.07, 6.45) is -2.90. The Morgan fingerprint density at radius 1 is 1.12 bits per heavy atom. The van der Waals surface area contributed by atoms with E-state index in [-0.39, 0.29) is 112 Å². The van der Waals surface area contributed by atoms with Gasteiger partial charge in [-0.25, -0.2) is 13.4 Å². The number of aromatic nitrogens is 2. The van der Waals surface area contributed by atoms with Crippen LogP contribution < -0.4 is 115 Å². The molecule has 0 aromatic carbocycles. The number of aliphatic hydroxyl groups excluding tert-OH is 1. The van der Waals surface area contributed by atoms with E-state index < -0.39 is 59.8 Å². The van der Waals surface area contributed by atoms with Crippen molar-refractivity contribution < 1.29 is 156 Å². The number of hydrogen-bond acceptors (Lipinski definition) is 13. The molecule has 1 aliphatic heterocycles. The van der Waals surface area contributed by atoms with Gasteiger partial charge in [0.25, 0.3) is 29.0 Å². The zero-order chi connectivity index (χ0) is 22.2. The van der Waals surface area contributed by atoms with Gasteiger partial charge in [-0.05, 0) is 6.92 Å². The van der Waals surface area contributed by atoms with Gasteiger partial charge in [0.05, 0.1) is 12.7 Å². The molecule has 0 spiro atoms. The summed E-state index contributed by atoms with van der Waals surface area (Å²) in [7, 11) is -17.6. The van der Waals surface area contributed by atoms with E-state index in [2.05, 4.69) is 13.1 Å². The van der Waals surface area contributed by atoms with Crippen molar-refractivity contribution in [3.63, 3.8) is 0 Å². The van der Waals surface area contributed by atoms with Crippen molar-refractivity contribution in [1.29, 1.82) is 0 Å². The third-order valence-electron chi connectivity index (χ3n) is 3.46. The minimum atomic E-state index is -6.05. The van der Waals surface area contributed by atoms with Crippen LogP contribution in [0.25, 0.3) is 0 Å². The summed E-state index contributed by atoms with van der Waals surface area (Å²) >= 11 is 0. The molecule has 2 heterocycles. The van der Waals surface area contributed by atoms with E-state index in [1.54, 1.807) is 0 Å². The normalized spacial score (nSPS) is 24.2. The Labute approximate surface area is 257 Å². The smallest absolute Gasteiger partial charge is 0.756 e. The predicted molar refractivity (Wildman–Crippen MR) is 91.0 cm³/mol. The van der Waals surface area contributed by atoms with Crippen LogP contribution in [-0.2, 0) is 31.6 Å². The van der Waals surface area contributed by atoms with Crippen LogP contribution in [0.3, 0.4) is 0 Å². The number of H-pyrrole nitrogens is 1. The number of aromatic amines is 1. The van der Waals surface area contributed by atoms with E-state index in [0.717, 1.165) is 10.8 Å². The number of hydrogen-bond donors (Lipinski definition) is 3. The second-order valence-corrected chi connectivity index (χ2v) is 10.0. The van der Waals surface area contributed by atoms with Gasteiger partial charge in [0, 0.05) is 18.2 Å². The van der Waals surface area contributed by atoms with Gasteiger partial charge in [0.15, 0.2) is 0 Å². The molecule has 1 saturated heterocycles. The molecule has 0 saturated carbocycles. The summed E-state index contributed by atoms with van der Waals surface area (Å²) in [6.45, 7) is 0.423. The van der Waals surface area contributed by atoms with Crippen molar-refractivity contribution in [2.75, 3.05) is 6.61 Å². The Balaban J connectivity index is -0.000000900. The molecule has 18 nitrogen and oxygen atoms in total. The Bertz CT molecular complexity index is 1030. The molecule has 1 aliphatic rings. The van der Waals surface area contributed by atoms with Gasteiger partial charge in [-0.3, -0.25) is 28.0 Å². The first-order valence-corrected chi connectivity index (χ1v) is 11.9. The molecule has 34 heavy (non-hydrogen) atoms. The van der Waals surface area contributed by atoms with Crippen LogP contribution in [0.15, 0.2) is 15.8 Å². The number of nitrogens with one attached hydrogen (secondary N) is 1. The van der Waals surface area contributed by atoms with Gasteiger partial charge in [-0.2, -0.15) is 0 Å². The van der Waals surface area contributed by atoms with Crippen LogP contribution in [-0.4, -0.2) is 49.3 Å². The molecule has 0 amide bonds. The van der Waals surface area contributed by atoms with E-state index >= 15 is 0 Å². The molecular formula is C10H18N2Na3O16P3. The van der Waals surface area contributed by atoms with Gasteiger partial charge in [-0.15, -0.1) is 0 Å². The predicted octanol–water partition coefficient (Wildman–Crippen LogP) is -13.7. The maximum Gasteiger partial charge on any atom is 1.00 e. The molecule has 1 fully saturated rings. The average Bonchev–Trinajstić information content (AvgIpc) is 2.86. The summed E-state index contributed by atoms with van der Waals surface area (Å²) < 4.78 is 50.0. The average molecular weight is 584 g/mol. The quantitative estimate of drug-likeness (QED) is 0.189. The standard InChI is InChI=1S/C10H17N2O14P3.3Na.2H2O/c1-5-3-12(10(15)11-9(5)14)8-2-6(13)7(24-8)4-23-28(19,20)26-29(21,22)25-27(16,17)18;;;;;/h3,6-8,13H,2,4H2,1H3,(H,19,20)(H,21,22)(H,11,14,15)(H2,16,17,18);;;;2*1H2/q;3*+1;;/p-3/t6-,7+,8+;;;;;/m0...../s1. The molecular weight excluding hydrogens is 566 g/mol. The third-order valence-corrected chi connectivity index (χ3v) is 7.15. The minimum absolute atomic E-state index is 0. The fraction of sp³-hybridized carbons (Fsp3) is 0.600. The Hall–Kier alpha value is 1.93. The number of rotatable bonds is 8. The van der Waals surface area contributed by atoms with E-state index in [1.807, 2.05) is 4.98 Å². The maximum absolute atomic E-state index is 11.8. The van der Waals surface area contributed by atoms with Crippen LogP contribution in [0.1, 0.15) is 18.2 Å². The van der Waals surface area contributed by atoms with E-state index in [0.29, 0.717) is 0 Å². The van der Waals surface area contributed by atoms with Crippen molar-refractivity contribution in [2.24, 2.45) is 0 Å². The molecule has 182 valence electrons. The van der Waals surface area contributed by atoms with Gasteiger partial charge in [-0.1, -0.05) is 0 Å². The topological polar surface area (TPSA) is 316 Å². The van der Waals surface area contributed by atoms with E-state index in [9.17, 15) is 43.1 Å². The number of aliphatic hydroxyl groups is 1. The van der Waals surface area contributed by atoms with Gasteiger partial charge >= 0.3 is 94.4 Å². The second kappa shape index (κ2) is 16.8. The first kappa shape index (κ1) is 43.0. The van der Waals surface area contributed by atoms with Crippen LogP contribution >= 0.6 is 23.5 Å². The minimum Gasteiger partial charge on any atom is -0.756 e. The molecule has 2 rings (SSSR count). The Morgan fingerprint density at radius 2 is 1.65 bits per heavy atom. The molecule has 7 N–H and O–H groups in total. The zero-order valence-electron chi connectivity index (χ0n) is 18.3. The first-order valence-electron chi connectivity index (χ1n) is 7.47. The summed E-state index contributed by atoms with van der Waals surface area (Å²) in [4.78, 5) is 66.5. The van der Waals surface area contributed by atoms with Gasteiger partial charge in [0.2, 0.25) is 0 Å². The van der Waals surface area contributed by atoms with Crippen molar-refractivity contribution >= 4 is 23.5 Å². The Kier molecular flexibility index (Phi) is 21.2. The number of phosphoric ester groups is 1. The van der Waals surface area contributed by atoms with Crippen LogP contribution in [0.5, 0.6) is 0 Å². The number of phosphoric acid groups is 3. The van der Waals surface area contributed by atoms with E-state index in [1.165, 1.54) is 6.92 Å². The largest absolute Gasteiger partial charge is 1.00 e.